The number of aryl methyl sites for hydroxylation is 1. The molecule has 3 atom stereocenters. The topological polar surface area (TPSA) is 21.3 Å². The molecule has 1 saturated heterocycles. The van der Waals surface area contributed by atoms with Crippen LogP contribution in [0.1, 0.15) is 35.3 Å². The van der Waals surface area contributed by atoms with Crippen molar-refractivity contribution in [3.8, 4) is 0 Å². The molecule has 2 aromatic carbocycles. The summed E-state index contributed by atoms with van der Waals surface area (Å²) in [6.07, 6.45) is 1.38. The highest BCUT2D eigenvalue weighted by molar-refractivity contribution is 5.57. The average molecular weight is 265 g/mol. The van der Waals surface area contributed by atoms with Crippen molar-refractivity contribution in [3.63, 3.8) is 0 Å². The first kappa shape index (κ1) is 12.0. The number of hydrogen-bond donors (Lipinski definition) is 1. The van der Waals surface area contributed by atoms with E-state index in [2.05, 4.69) is 60.8 Å². The van der Waals surface area contributed by atoms with Crippen LogP contribution in [0.5, 0.6) is 0 Å². The van der Waals surface area contributed by atoms with Gasteiger partial charge in [-0.05, 0) is 25.0 Å². The maximum absolute atomic E-state index is 6.02. The van der Waals surface area contributed by atoms with Gasteiger partial charge in [0.25, 0.3) is 0 Å². The average Bonchev–Trinajstić information content (AvgIpc) is 2.97. The van der Waals surface area contributed by atoms with Gasteiger partial charge < -0.3 is 10.1 Å². The number of ether oxygens (including phenoxy) is 1. The van der Waals surface area contributed by atoms with Crippen molar-refractivity contribution in [3.05, 3.63) is 65.2 Å². The maximum Gasteiger partial charge on any atom is 0.0896 e. The molecule has 0 aromatic heterocycles. The molecule has 0 amide bonds. The predicted molar refractivity (Wildman–Crippen MR) is 80.8 cm³/mol. The Hall–Kier alpha value is -1.80. The van der Waals surface area contributed by atoms with E-state index in [9.17, 15) is 0 Å². The zero-order valence-electron chi connectivity index (χ0n) is 11.7. The minimum atomic E-state index is 0.249. The van der Waals surface area contributed by atoms with Gasteiger partial charge in [-0.2, -0.15) is 0 Å². The Morgan fingerprint density at radius 2 is 1.85 bits per heavy atom. The zero-order chi connectivity index (χ0) is 13.5. The SMILES string of the molecule is Cc1ccc([C@@H]2Nc3ccccc3[C@@H]3OCC[C@H]23)cc1. The van der Waals surface area contributed by atoms with Gasteiger partial charge in [0, 0.05) is 23.8 Å². The fourth-order valence-electron chi connectivity index (χ4n) is 3.52. The lowest BCUT2D eigenvalue weighted by Crippen LogP contribution is -2.29. The molecule has 2 heterocycles. The fraction of sp³-hybridized carbons (Fsp3) is 0.333. The number of rotatable bonds is 1. The summed E-state index contributed by atoms with van der Waals surface area (Å²) in [6.45, 7) is 3.00. The van der Waals surface area contributed by atoms with Crippen LogP contribution in [0.15, 0.2) is 48.5 Å². The van der Waals surface area contributed by atoms with E-state index in [4.69, 9.17) is 4.74 Å². The molecule has 102 valence electrons. The van der Waals surface area contributed by atoms with Crippen LogP contribution in [-0.4, -0.2) is 6.61 Å². The van der Waals surface area contributed by atoms with Crippen molar-refractivity contribution in [1.82, 2.24) is 0 Å². The Labute approximate surface area is 119 Å². The minimum Gasteiger partial charge on any atom is -0.378 e. The summed E-state index contributed by atoms with van der Waals surface area (Å²) in [4.78, 5) is 0. The molecule has 0 bridgehead atoms. The summed E-state index contributed by atoms with van der Waals surface area (Å²) < 4.78 is 6.02. The fourth-order valence-corrected chi connectivity index (χ4v) is 3.52. The van der Waals surface area contributed by atoms with E-state index in [1.807, 2.05) is 0 Å². The highest BCUT2D eigenvalue weighted by Crippen LogP contribution is 2.49. The largest absolute Gasteiger partial charge is 0.378 e. The molecule has 0 unspecified atom stereocenters. The summed E-state index contributed by atoms with van der Waals surface area (Å²) in [5.41, 5.74) is 5.22. The third-order valence-corrected chi connectivity index (χ3v) is 4.58. The van der Waals surface area contributed by atoms with Crippen LogP contribution in [-0.2, 0) is 4.74 Å². The monoisotopic (exact) mass is 265 g/mol. The van der Waals surface area contributed by atoms with E-state index in [0.717, 1.165) is 13.0 Å². The summed E-state index contributed by atoms with van der Waals surface area (Å²) >= 11 is 0. The Morgan fingerprint density at radius 1 is 1.05 bits per heavy atom. The molecule has 0 radical (unpaired) electrons. The van der Waals surface area contributed by atoms with Gasteiger partial charge in [-0.1, -0.05) is 48.0 Å². The molecule has 2 aliphatic heterocycles. The lowest BCUT2D eigenvalue weighted by Gasteiger charge is -2.36. The quantitative estimate of drug-likeness (QED) is 0.832. The molecule has 2 aliphatic rings. The molecule has 0 spiro atoms. The molecule has 0 saturated carbocycles. The van der Waals surface area contributed by atoms with Crippen molar-refractivity contribution in [2.75, 3.05) is 11.9 Å². The van der Waals surface area contributed by atoms with Gasteiger partial charge in [0.1, 0.15) is 0 Å². The molecule has 2 heteroatoms. The second kappa shape index (κ2) is 4.64. The number of hydrogen-bond acceptors (Lipinski definition) is 2. The van der Waals surface area contributed by atoms with Crippen LogP contribution in [0, 0.1) is 12.8 Å². The lowest BCUT2D eigenvalue weighted by molar-refractivity contribution is 0.0829. The highest BCUT2D eigenvalue weighted by Gasteiger charge is 2.41. The Kier molecular flexibility index (Phi) is 2.78. The van der Waals surface area contributed by atoms with Crippen LogP contribution < -0.4 is 5.32 Å². The van der Waals surface area contributed by atoms with Gasteiger partial charge in [0.15, 0.2) is 0 Å². The summed E-state index contributed by atoms with van der Waals surface area (Å²) in [5, 5.41) is 3.72. The smallest absolute Gasteiger partial charge is 0.0896 e. The van der Waals surface area contributed by atoms with Crippen LogP contribution >= 0.6 is 0 Å². The van der Waals surface area contributed by atoms with Crippen molar-refractivity contribution in [1.29, 1.82) is 0 Å². The number of para-hydroxylation sites is 1. The normalized spacial score (nSPS) is 27.6. The number of nitrogens with one attached hydrogen (secondary N) is 1. The van der Waals surface area contributed by atoms with Crippen molar-refractivity contribution >= 4 is 5.69 Å². The third kappa shape index (κ3) is 1.83. The van der Waals surface area contributed by atoms with E-state index in [-0.39, 0.29) is 6.10 Å². The molecule has 20 heavy (non-hydrogen) atoms. The molecular weight excluding hydrogens is 246 g/mol. The van der Waals surface area contributed by atoms with Crippen molar-refractivity contribution in [2.24, 2.45) is 5.92 Å². The van der Waals surface area contributed by atoms with E-state index < -0.39 is 0 Å². The van der Waals surface area contributed by atoms with Crippen LogP contribution in [0.4, 0.5) is 5.69 Å². The Balaban J connectivity index is 1.76. The van der Waals surface area contributed by atoms with Gasteiger partial charge in [0.05, 0.1) is 12.1 Å². The van der Waals surface area contributed by atoms with Gasteiger partial charge in [0.2, 0.25) is 0 Å². The van der Waals surface area contributed by atoms with Crippen LogP contribution in [0.3, 0.4) is 0 Å². The number of anilines is 1. The standard InChI is InChI=1S/C18H19NO/c1-12-6-8-13(9-7-12)17-15-10-11-20-18(15)14-4-2-3-5-16(14)19-17/h2-9,15,17-19H,10-11H2,1H3/t15-,17+,18+/m1/s1. The molecule has 4 rings (SSSR count). The molecule has 1 N–H and O–H groups in total. The zero-order valence-corrected chi connectivity index (χ0v) is 11.7. The molecular formula is C18H19NO. The second-order valence-electron chi connectivity index (χ2n) is 5.86. The minimum absolute atomic E-state index is 0.249. The third-order valence-electron chi connectivity index (χ3n) is 4.58. The highest BCUT2D eigenvalue weighted by atomic mass is 16.5. The molecule has 2 nitrogen and oxygen atoms in total. The van der Waals surface area contributed by atoms with Gasteiger partial charge in [-0.25, -0.2) is 0 Å². The summed E-state index contributed by atoms with van der Waals surface area (Å²) in [7, 11) is 0. The van der Waals surface area contributed by atoms with Gasteiger partial charge >= 0.3 is 0 Å². The summed E-state index contributed by atoms with van der Waals surface area (Å²) in [5.74, 6) is 0.535. The van der Waals surface area contributed by atoms with Crippen LogP contribution in [0.2, 0.25) is 0 Å². The predicted octanol–water partition coefficient (Wildman–Crippen LogP) is 4.24. The van der Waals surface area contributed by atoms with Crippen LogP contribution in [0.25, 0.3) is 0 Å². The van der Waals surface area contributed by atoms with Crippen molar-refractivity contribution in [2.45, 2.75) is 25.5 Å². The van der Waals surface area contributed by atoms with Crippen molar-refractivity contribution < 1.29 is 4.74 Å². The Morgan fingerprint density at radius 3 is 2.70 bits per heavy atom. The first-order valence-electron chi connectivity index (χ1n) is 7.36. The molecule has 1 fully saturated rings. The first-order valence-corrected chi connectivity index (χ1v) is 7.36. The molecule has 0 aliphatic carbocycles. The van der Waals surface area contributed by atoms with Gasteiger partial charge in [-0.3, -0.25) is 0 Å². The van der Waals surface area contributed by atoms with E-state index >= 15 is 0 Å². The van der Waals surface area contributed by atoms with E-state index in [0.29, 0.717) is 12.0 Å². The molecule has 2 aromatic rings. The van der Waals surface area contributed by atoms with Gasteiger partial charge in [-0.15, -0.1) is 0 Å². The van der Waals surface area contributed by atoms with E-state index in [1.165, 1.54) is 22.4 Å². The first-order chi connectivity index (χ1) is 9.83. The Bertz CT molecular complexity index is 620. The number of fused-ring (bicyclic) bond motifs is 3. The summed E-state index contributed by atoms with van der Waals surface area (Å²) in [6, 6.07) is 17.8. The number of benzene rings is 2. The lowest BCUT2D eigenvalue weighted by atomic mass is 9.81. The maximum atomic E-state index is 6.02. The van der Waals surface area contributed by atoms with E-state index in [1.54, 1.807) is 0 Å². The second-order valence-corrected chi connectivity index (χ2v) is 5.86.